The molecular weight excluding hydrogens is 552 g/mol. The fraction of sp³-hybridized carbons (Fsp3) is 0.786. The minimum absolute atomic E-state index is 0. The Morgan fingerprint density at radius 2 is 1.55 bits per heavy atom. The molecule has 1 aliphatic heterocycles. The molecule has 0 aromatic heterocycles. The fourth-order valence-electron chi connectivity index (χ4n) is 3.78. The number of allylic oxidation sites excluding steroid dienone is 1. The van der Waals surface area contributed by atoms with E-state index in [0.717, 1.165) is 55.2 Å². The van der Waals surface area contributed by atoms with Gasteiger partial charge in [-0.15, -0.1) is 12.6 Å². The van der Waals surface area contributed by atoms with Gasteiger partial charge in [0, 0.05) is 17.8 Å². The Bertz CT molecular complexity index is 748. The second-order valence-corrected chi connectivity index (χ2v) is 12.2. The third kappa shape index (κ3) is 19.2. The molecule has 1 saturated heterocycles. The molecule has 1 atom stereocenters. The van der Waals surface area contributed by atoms with Gasteiger partial charge >= 0.3 is 30.8 Å². The van der Waals surface area contributed by atoms with Crippen molar-refractivity contribution in [2.24, 2.45) is 35.3 Å². The molecule has 0 radical (unpaired) electrons. The van der Waals surface area contributed by atoms with Crippen molar-refractivity contribution >= 4 is 47.4 Å². The molecule has 0 aromatic rings. The van der Waals surface area contributed by atoms with Crippen LogP contribution in [-0.4, -0.2) is 57.5 Å². The first-order valence-electron chi connectivity index (χ1n) is 13.8. The first-order valence-corrected chi connectivity index (χ1v) is 15.4. The number of thiol groups is 1. The number of carboxylic acid groups (broad SMARTS) is 3. The van der Waals surface area contributed by atoms with E-state index in [4.69, 9.17) is 15.9 Å². The number of carbonyl (C=O) groups is 4. The van der Waals surface area contributed by atoms with Crippen molar-refractivity contribution in [1.82, 2.24) is 0 Å². The summed E-state index contributed by atoms with van der Waals surface area (Å²) in [5.41, 5.74) is 6.40. The molecule has 0 spiro atoms. The van der Waals surface area contributed by atoms with Crippen molar-refractivity contribution in [1.29, 1.82) is 0 Å². The number of thioether (sulfide) groups is 1. The van der Waals surface area contributed by atoms with Crippen LogP contribution in [0.1, 0.15) is 84.5 Å². The molecule has 4 fully saturated rings. The van der Waals surface area contributed by atoms with Crippen molar-refractivity contribution in [3.05, 3.63) is 12.2 Å². The first-order chi connectivity index (χ1) is 18.3. The van der Waals surface area contributed by atoms with Crippen LogP contribution in [0.2, 0.25) is 0 Å². The Labute approximate surface area is 260 Å². The van der Waals surface area contributed by atoms with Crippen LogP contribution in [-0.2, 0) is 19.2 Å². The number of alkyl halides is 1. The van der Waals surface area contributed by atoms with E-state index in [1.165, 1.54) is 19.3 Å². The van der Waals surface area contributed by atoms with Gasteiger partial charge in [-0.25, -0.2) is 4.39 Å². The monoisotopic (exact) mass is 599 g/mol. The van der Waals surface area contributed by atoms with Crippen LogP contribution in [0, 0.1) is 29.6 Å². The second-order valence-electron chi connectivity index (χ2n) is 10.6. The summed E-state index contributed by atoms with van der Waals surface area (Å²) in [6.45, 7) is 8.51. The van der Waals surface area contributed by atoms with E-state index in [1.54, 1.807) is 0 Å². The molecule has 8 nitrogen and oxygen atoms in total. The van der Waals surface area contributed by atoms with Crippen LogP contribution in [0.3, 0.4) is 0 Å². The Hall–Kier alpha value is -0.993. The SMILES string of the molecule is C=C1CC(C(=O)O)C1.CCCC(C)C(=O)S.NCC1CCC1.O=C(O)C1CC(F)C1.O=C([O-])C1CCSCC1.[Li+]. The van der Waals surface area contributed by atoms with Gasteiger partial charge in [0.1, 0.15) is 6.17 Å². The molecule has 0 bridgehead atoms. The summed E-state index contributed by atoms with van der Waals surface area (Å²) < 4.78 is 11.9. The molecule has 1 unspecified atom stereocenters. The predicted octanol–water partition coefficient (Wildman–Crippen LogP) is 1.36. The van der Waals surface area contributed by atoms with Gasteiger partial charge in [-0.1, -0.05) is 38.8 Å². The number of hydrogen-bond acceptors (Lipinski definition) is 7. The molecule has 226 valence electrons. The van der Waals surface area contributed by atoms with Gasteiger partial charge in [-0.3, -0.25) is 14.4 Å². The van der Waals surface area contributed by atoms with E-state index in [9.17, 15) is 28.7 Å². The van der Waals surface area contributed by atoms with E-state index in [2.05, 4.69) is 26.1 Å². The quantitative estimate of drug-likeness (QED) is 0.193. The topological polar surface area (TPSA) is 158 Å². The maximum atomic E-state index is 11.9. The maximum absolute atomic E-state index is 11.9. The van der Waals surface area contributed by atoms with Gasteiger partial charge in [0.2, 0.25) is 0 Å². The normalized spacial score (nSPS) is 22.4. The minimum atomic E-state index is -0.865. The average Bonchev–Trinajstić information content (AvgIpc) is 2.81. The third-order valence-electron chi connectivity index (χ3n) is 7.11. The number of carboxylic acids is 3. The third-order valence-corrected chi connectivity index (χ3v) is 8.59. The number of carbonyl (C=O) groups excluding carboxylic acids is 2. The molecule has 1 heterocycles. The molecule has 3 saturated carbocycles. The zero-order valence-electron chi connectivity index (χ0n) is 24.3. The average molecular weight is 600 g/mol. The van der Waals surface area contributed by atoms with Gasteiger partial charge in [-0.2, -0.15) is 11.8 Å². The number of hydrogen-bond donors (Lipinski definition) is 4. The van der Waals surface area contributed by atoms with E-state index < -0.39 is 30.0 Å². The van der Waals surface area contributed by atoms with Gasteiger partial charge < -0.3 is 25.8 Å². The van der Waals surface area contributed by atoms with Crippen LogP contribution in [0.4, 0.5) is 4.39 Å². The van der Waals surface area contributed by atoms with Crippen LogP contribution >= 0.6 is 24.4 Å². The summed E-state index contributed by atoms with van der Waals surface area (Å²) in [5.74, 6) is -0.0872. The summed E-state index contributed by atoms with van der Waals surface area (Å²) in [6.07, 6.45) is 8.77. The van der Waals surface area contributed by atoms with Gasteiger partial charge in [0.05, 0.1) is 11.8 Å². The summed E-state index contributed by atoms with van der Waals surface area (Å²) >= 11 is 5.51. The Kier molecular flexibility index (Phi) is 24.2. The molecule has 12 heteroatoms. The summed E-state index contributed by atoms with van der Waals surface area (Å²) in [6, 6.07) is 0. The Morgan fingerprint density at radius 3 is 1.70 bits per heavy atom. The predicted molar refractivity (Wildman–Crippen MR) is 154 cm³/mol. The van der Waals surface area contributed by atoms with Crippen molar-refractivity contribution < 1.29 is 57.7 Å². The van der Waals surface area contributed by atoms with Crippen molar-refractivity contribution in [3.8, 4) is 0 Å². The maximum Gasteiger partial charge on any atom is 1.00 e. The number of nitrogens with two attached hydrogens (primary N) is 1. The van der Waals surface area contributed by atoms with Crippen molar-refractivity contribution in [3.63, 3.8) is 0 Å². The van der Waals surface area contributed by atoms with E-state index >= 15 is 0 Å². The van der Waals surface area contributed by atoms with Crippen LogP contribution in [0.5, 0.6) is 0 Å². The summed E-state index contributed by atoms with van der Waals surface area (Å²) in [4.78, 5) is 40.7. The van der Waals surface area contributed by atoms with Crippen LogP contribution < -0.4 is 29.7 Å². The van der Waals surface area contributed by atoms with Gasteiger partial charge in [0.15, 0.2) is 5.12 Å². The zero-order valence-corrected chi connectivity index (χ0v) is 26.0. The molecule has 40 heavy (non-hydrogen) atoms. The standard InChI is InChI=1S/C6H10O2S.C6H8O2.C6H12OS.C5H7FO2.C5H11N.Li/c7-6(8)5-1-3-9-4-2-5;1-4-2-5(3-4)6(7)8;1-3-4-5(2)6(7)8;6-4-1-3(2-4)5(7)8;6-4-5-2-1-3-5;/h5H,1-4H2,(H,7,8);5H,1-3H2,(H,7,8);5H,3-4H2,1-2H3,(H,7,8);3-4H,1-2H2,(H,7,8);5H,1-4,6H2;/q;;;;;+1/p-1. The molecule has 0 amide bonds. The fourth-order valence-corrected chi connectivity index (χ4v) is 5.02. The molecule has 3 aliphatic carbocycles. The first kappa shape index (κ1) is 41.1. The molecule has 4 rings (SSSR count). The van der Waals surface area contributed by atoms with E-state index in [-0.39, 0.29) is 54.6 Å². The summed E-state index contributed by atoms with van der Waals surface area (Å²) in [5, 5.41) is 26.7. The van der Waals surface area contributed by atoms with Crippen molar-refractivity contribution in [2.45, 2.75) is 90.6 Å². The zero-order chi connectivity index (χ0) is 30.0. The Balaban J connectivity index is 0. The van der Waals surface area contributed by atoms with E-state index in [0.29, 0.717) is 12.8 Å². The van der Waals surface area contributed by atoms with E-state index in [1.807, 2.05) is 18.7 Å². The second kappa shape index (κ2) is 23.6. The number of rotatable bonds is 7. The van der Waals surface area contributed by atoms with Crippen LogP contribution in [0.25, 0.3) is 0 Å². The molecule has 4 aliphatic rings. The van der Waals surface area contributed by atoms with Crippen LogP contribution in [0.15, 0.2) is 12.2 Å². The smallest absolute Gasteiger partial charge is 0.550 e. The number of halogens is 1. The van der Waals surface area contributed by atoms with Gasteiger partial charge in [-0.05, 0) is 81.8 Å². The minimum Gasteiger partial charge on any atom is -0.550 e. The summed E-state index contributed by atoms with van der Waals surface area (Å²) in [7, 11) is 0. The molecular formula is C28H47FLiNO7S2. The van der Waals surface area contributed by atoms with Gasteiger partial charge in [0.25, 0.3) is 0 Å². The molecule has 4 N–H and O–H groups in total. The molecule has 0 aromatic carbocycles. The van der Waals surface area contributed by atoms with Crippen molar-refractivity contribution in [2.75, 3.05) is 18.1 Å². The largest absolute Gasteiger partial charge is 1.00 e. The number of aliphatic carboxylic acids is 3. The Morgan fingerprint density at radius 1 is 1.05 bits per heavy atom.